The van der Waals surface area contributed by atoms with Crippen LogP contribution in [0.5, 0.6) is 5.75 Å². The Bertz CT molecular complexity index is 1540. The van der Waals surface area contributed by atoms with Gasteiger partial charge in [-0.15, -0.1) is 0 Å². The van der Waals surface area contributed by atoms with Gasteiger partial charge >= 0.3 is 0 Å². The maximum atomic E-state index is 13.1. The zero-order valence-electron chi connectivity index (χ0n) is 17.3. The zero-order chi connectivity index (χ0) is 24.3. The van der Waals surface area contributed by atoms with E-state index in [1.165, 1.54) is 30.5 Å². The van der Waals surface area contributed by atoms with E-state index < -0.39 is 25.5 Å². The fourth-order valence-corrected chi connectivity index (χ4v) is 4.76. The van der Waals surface area contributed by atoms with Crippen LogP contribution < -0.4 is 10.1 Å². The Morgan fingerprint density at radius 1 is 0.971 bits per heavy atom. The van der Waals surface area contributed by atoms with Crippen LogP contribution in [0.4, 0.5) is 17.1 Å². The molecule has 0 heterocycles. The van der Waals surface area contributed by atoms with Gasteiger partial charge in [0.2, 0.25) is 0 Å². The van der Waals surface area contributed by atoms with Crippen molar-refractivity contribution in [3.05, 3.63) is 99.6 Å². The lowest BCUT2D eigenvalue weighted by atomic mass is 10.0. The Kier molecular flexibility index (Phi) is 6.35. The molecule has 0 spiro atoms. The molecule has 0 bridgehead atoms. The quantitative estimate of drug-likeness (QED) is 0.179. The molecule has 34 heavy (non-hydrogen) atoms. The molecule has 0 fully saturated rings. The number of phenols is 1. The predicted molar refractivity (Wildman–Crippen MR) is 132 cm³/mol. The summed E-state index contributed by atoms with van der Waals surface area (Å²) in [4.78, 5) is 10.2. The fourth-order valence-electron chi connectivity index (χ4n) is 3.27. The van der Waals surface area contributed by atoms with E-state index in [1.54, 1.807) is 18.2 Å². The van der Waals surface area contributed by atoms with Crippen molar-refractivity contribution in [3.63, 3.8) is 0 Å². The van der Waals surface area contributed by atoms with E-state index in [1.807, 2.05) is 24.3 Å². The van der Waals surface area contributed by atoms with Gasteiger partial charge in [-0.2, -0.15) is 5.10 Å². The maximum absolute atomic E-state index is 13.1. The first kappa shape index (κ1) is 23.0. The molecular formula is C23H17ClN4O5S. The average molecular weight is 497 g/mol. The number of para-hydroxylation sites is 1. The number of non-ortho nitro benzene ring substituents is 1. The molecule has 0 unspecified atom stereocenters. The van der Waals surface area contributed by atoms with Gasteiger partial charge in [-0.05, 0) is 35.0 Å². The monoisotopic (exact) mass is 496 g/mol. The number of phenolic OH excluding ortho intramolecular Hbond substituents is 1. The van der Waals surface area contributed by atoms with Gasteiger partial charge in [-0.25, -0.2) is 8.42 Å². The number of rotatable bonds is 7. The van der Waals surface area contributed by atoms with E-state index in [0.717, 1.165) is 22.9 Å². The van der Waals surface area contributed by atoms with Gasteiger partial charge in [0, 0.05) is 17.7 Å². The highest BCUT2D eigenvalue weighted by Gasteiger charge is 2.23. The van der Waals surface area contributed by atoms with E-state index in [4.69, 9.17) is 11.6 Å². The summed E-state index contributed by atoms with van der Waals surface area (Å²) in [5, 5.41) is 27.4. The van der Waals surface area contributed by atoms with E-state index >= 15 is 0 Å². The number of sulfonamides is 1. The molecule has 172 valence electrons. The molecule has 0 aliphatic rings. The molecule has 4 aromatic carbocycles. The van der Waals surface area contributed by atoms with Gasteiger partial charge in [0.25, 0.3) is 15.7 Å². The highest BCUT2D eigenvalue weighted by atomic mass is 35.5. The molecule has 0 atom stereocenters. The second-order valence-electron chi connectivity index (χ2n) is 7.11. The van der Waals surface area contributed by atoms with Crippen LogP contribution in [-0.2, 0) is 10.0 Å². The lowest BCUT2D eigenvalue weighted by Gasteiger charge is -2.13. The molecule has 0 saturated carbocycles. The molecule has 9 nitrogen and oxygen atoms in total. The first-order chi connectivity index (χ1) is 16.3. The molecular weight excluding hydrogens is 480 g/mol. The highest BCUT2D eigenvalue weighted by Crippen LogP contribution is 2.31. The van der Waals surface area contributed by atoms with Crippen LogP contribution in [-0.4, -0.2) is 24.7 Å². The third-order valence-electron chi connectivity index (χ3n) is 4.91. The van der Waals surface area contributed by atoms with Crippen molar-refractivity contribution in [1.82, 2.24) is 0 Å². The second kappa shape index (κ2) is 9.38. The standard InChI is InChI=1S/C23H17ClN4O5S/c24-19-7-3-4-8-20(19)27-34(32,33)23-13-16(28(30)31)10-11-21(23)26-25-14-18-17-6-2-1-5-15(17)9-12-22(18)29/h1-14,26-27,29H. The summed E-state index contributed by atoms with van der Waals surface area (Å²) < 4.78 is 28.5. The molecule has 4 rings (SSSR count). The number of aromatic hydroxyl groups is 1. The number of nitrogens with zero attached hydrogens (tertiary/aromatic N) is 2. The Hall–Kier alpha value is -4.15. The second-order valence-corrected chi connectivity index (χ2v) is 9.17. The Morgan fingerprint density at radius 2 is 1.71 bits per heavy atom. The number of nitrogens with one attached hydrogen (secondary N) is 2. The zero-order valence-corrected chi connectivity index (χ0v) is 18.9. The predicted octanol–water partition coefficient (Wildman–Crippen LogP) is 5.35. The molecule has 0 radical (unpaired) electrons. The van der Waals surface area contributed by atoms with E-state index in [9.17, 15) is 23.6 Å². The number of hydrogen-bond acceptors (Lipinski definition) is 7. The van der Waals surface area contributed by atoms with Crippen molar-refractivity contribution in [2.75, 3.05) is 10.1 Å². The Morgan fingerprint density at radius 3 is 2.47 bits per heavy atom. The van der Waals surface area contributed by atoms with Gasteiger partial charge in [-0.1, -0.05) is 54.1 Å². The number of nitro groups is 1. The van der Waals surface area contributed by atoms with Gasteiger partial charge in [-0.3, -0.25) is 20.3 Å². The van der Waals surface area contributed by atoms with Crippen LogP contribution >= 0.6 is 11.6 Å². The molecule has 3 N–H and O–H groups in total. The minimum Gasteiger partial charge on any atom is -0.507 e. The summed E-state index contributed by atoms with van der Waals surface area (Å²) in [6.45, 7) is 0. The van der Waals surface area contributed by atoms with Crippen molar-refractivity contribution in [3.8, 4) is 5.75 Å². The van der Waals surface area contributed by atoms with Gasteiger partial charge in [0.1, 0.15) is 10.6 Å². The molecule has 0 aliphatic carbocycles. The first-order valence-electron chi connectivity index (χ1n) is 9.82. The number of halogens is 1. The van der Waals surface area contributed by atoms with Crippen LogP contribution in [0.3, 0.4) is 0 Å². The van der Waals surface area contributed by atoms with Crippen LogP contribution in [0.15, 0.2) is 88.9 Å². The number of benzene rings is 4. The maximum Gasteiger partial charge on any atom is 0.270 e. The van der Waals surface area contributed by atoms with E-state index in [2.05, 4.69) is 15.2 Å². The van der Waals surface area contributed by atoms with Gasteiger partial charge in [0.05, 0.1) is 27.5 Å². The number of hydrogen-bond donors (Lipinski definition) is 3. The molecule has 0 amide bonds. The first-order valence-corrected chi connectivity index (χ1v) is 11.7. The highest BCUT2D eigenvalue weighted by molar-refractivity contribution is 7.93. The Labute approximate surface area is 199 Å². The minimum atomic E-state index is -4.29. The van der Waals surface area contributed by atoms with Crippen LogP contribution in [0.2, 0.25) is 5.02 Å². The SMILES string of the molecule is O=[N+]([O-])c1ccc(NN=Cc2c(O)ccc3ccccc23)c(S(=O)(=O)Nc2ccccc2Cl)c1. The summed E-state index contributed by atoms with van der Waals surface area (Å²) in [5.41, 5.74) is 2.72. The Balaban J connectivity index is 1.71. The summed E-state index contributed by atoms with van der Waals surface area (Å²) in [6, 6.07) is 20.2. The van der Waals surface area contributed by atoms with Gasteiger partial charge < -0.3 is 5.11 Å². The number of fused-ring (bicyclic) bond motifs is 1. The lowest BCUT2D eigenvalue weighted by molar-refractivity contribution is -0.385. The lowest BCUT2D eigenvalue weighted by Crippen LogP contribution is -2.15. The van der Waals surface area contributed by atoms with Gasteiger partial charge in [0.15, 0.2) is 0 Å². The third-order valence-corrected chi connectivity index (χ3v) is 6.65. The van der Waals surface area contributed by atoms with Crippen LogP contribution in [0, 0.1) is 10.1 Å². The summed E-state index contributed by atoms with van der Waals surface area (Å²) in [6.07, 6.45) is 1.34. The third kappa shape index (κ3) is 4.77. The van der Waals surface area contributed by atoms with Crippen LogP contribution in [0.1, 0.15) is 5.56 Å². The molecule has 4 aromatic rings. The van der Waals surface area contributed by atoms with Crippen molar-refractivity contribution in [2.45, 2.75) is 4.90 Å². The molecule has 0 aliphatic heterocycles. The van der Waals surface area contributed by atoms with Crippen molar-refractivity contribution < 1.29 is 18.4 Å². The summed E-state index contributed by atoms with van der Waals surface area (Å²) in [7, 11) is -4.29. The normalized spacial score (nSPS) is 11.6. The number of anilines is 2. The van der Waals surface area contributed by atoms with E-state index in [0.29, 0.717) is 5.56 Å². The van der Waals surface area contributed by atoms with Crippen molar-refractivity contribution in [1.29, 1.82) is 0 Å². The topological polar surface area (TPSA) is 134 Å². The summed E-state index contributed by atoms with van der Waals surface area (Å²) >= 11 is 6.06. The molecule has 0 saturated heterocycles. The minimum absolute atomic E-state index is 0.0128. The van der Waals surface area contributed by atoms with Crippen molar-refractivity contribution >= 4 is 55.7 Å². The summed E-state index contributed by atoms with van der Waals surface area (Å²) in [5.74, 6) is -0.0128. The smallest absolute Gasteiger partial charge is 0.270 e. The van der Waals surface area contributed by atoms with E-state index in [-0.39, 0.29) is 22.1 Å². The van der Waals surface area contributed by atoms with Crippen LogP contribution in [0.25, 0.3) is 10.8 Å². The number of nitro benzene ring substituents is 1. The molecule has 0 aromatic heterocycles. The number of hydrazone groups is 1. The largest absolute Gasteiger partial charge is 0.507 e. The van der Waals surface area contributed by atoms with Crippen molar-refractivity contribution in [2.24, 2.45) is 5.10 Å². The molecule has 11 heteroatoms. The average Bonchev–Trinajstić information content (AvgIpc) is 2.82. The fraction of sp³-hybridized carbons (Fsp3) is 0.